The van der Waals surface area contributed by atoms with Gasteiger partial charge in [0, 0.05) is 12.4 Å². The normalized spacial score (nSPS) is 12.4. The van der Waals surface area contributed by atoms with Gasteiger partial charge in [-0.15, -0.1) is 22.0 Å². The number of aryl methyl sites for hydroxylation is 1. The van der Waals surface area contributed by atoms with E-state index in [1.165, 1.54) is 11.8 Å². The highest BCUT2D eigenvalue weighted by molar-refractivity contribution is 7.99. The number of halogens is 3. The Kier molecular flexibility index (Phi) is 4.15. The van der Waals surface area contributed by atoms with E-state index in [1.807, 2.05) is 0 Å². The fourth-order valence-corrected chi connectivity index (χ4v) is 3.12. The van der Waals surface area contributed by atoms with Crippen LogP contribution in [-0.4, -0.2) is 37.0 Å². The van der Waals surface area contributed by atoms with Crippen molar-refractivity contribution in [3.8, 4) is 0 Å². The molecule has 9 heteroatoms. The lowest BCUT2D eigenvalue weighted by Gasteiger charge is -2.10. The molecule has 0 unspecified atom stereocenters. The Labute approximate surface area is 133 Å². The quantitative estimate of drug-likeness (QED) is 0.583. The molecule has 23 heavy (non-hydrogen) atoms. The molecule has 0 bridgehead atoms. The highest BCUT2D eigenvalue weighted by Crippen LogP contribution is 2.33. The van der Waals surface area contributed by atoms with E-state index >= 15 is 0 Å². The van der Waals surface area contributed by atoms with E-state index in [0.29, 0.717) is 28.2 Å². The Morgan fingerprint density at radius 2 is 2.04 bits per heavy atom. The number of alkyl halides is 3. The van der Waals surface area contributed by atoms with Crippen molar-refractivity contribution >= 4 is 28.4 Å². The summed E-state index contributed by atoms with van der Waals surface area (Å²) in [4.78, 5) is 4.40. The number of aromatic nitrogens is 4. The summed E-state index contributed by atoms with van der Waals surface area (Å²) < 4.78 is 40.7. The van der Waals surface area contributed by atoms with Gasteiger partial charge in [-0.1, -0.05) is 6.07 Å². The van der Waals surface area contributed by atoms with Crippen LogP contribution >= 0.6 is 11.8 Å². The van der Waals surface area contributed by atoms with Gasteiger partial charge in [0.1, 0.15) is 5.03 Å². The van der Waals surface area contributed by atoms with Crippen molar-refractivity contribution in [1.29, 1.82) is 0 Å². The molecule has 3 rings (SSSR count). The van der Waals surface area contributed by atoms with Gasteiger partial charge in [-0.25, -0.2) is 4.98 Å². The zero-order valence-corrected chi connectivity index (χ0v) is 12.9. The van der Waals surface area contributed by atoms with Crippen molar-refractivity contribution in [2.75, 3.05) is 12.4 Å². The van der Waals surface area contributed by atoms with E-state index in [4.69, 9.17) is 5.11 Å². The molecule has 1 N–H and O–H groups in total. The highest BCUT2D eigenvalue weighted by atomic mass is 32.2. The molecule has 122 valence electrons. The molecule has 0 amide bonds. The minimum atomic E-state index is -4.61. The number of thioether (sulfide) groups is 1. The van der Waals surface area contributed by atoms with Crippen LogP contribution in [0.4, 0.5) is 13.2 Å². The molecule has 0 spiro atoms. The summed E-state index contributed by atoms with van der Waals surface area (Å²) in [6.07, 6.45) is -4.09. The van der Waals surface area contributed by atoms with Crippen LogP contribution in [0.2, 0.25) is 0 Å². The monoisotopic (exact) mass is 342 g/mol. The van der Waals surface area contributed by atoms with Gasteiger partial charge in [-0.2, -0.15) is 13.2 Å². The van der Waals surface area contributed by atoms with Crippen LogP contribution in [0.25, 0.3) is 16.7 Å². The maximum absolute atomic E-state index is 13.2. The lowest BCUT2D eigenvalue weighted by molar-refractivity contribution is -0.145. The van der Waals surface area contributed by atoms with Crippen LogP contribution in [0, 0.1) is 6.92 Å². The summed E-state index contributed by atoms with van der Waals surface area (Å²) in [5.41, 5.74) is 1.67. The third kappa shape index (κ3) is 2.98. The summed E-state index contributed by atoms with van der Waals surface area (Å²) in [5.74, 6) is -0.528. The molecular formula is C14H13F3N4OS. The first-order chi connectivity index (χ1) is 10.9. The third-order valence-corrected chi connectivity index (χ3v) is 4.28. The van der Waals surface area contributed by atoms with E-state index < -0.39 is 12.0 Å². The molecule has 3 aromatic rings. The number of hydrogen-bond acceptors (Lipinski definition) is 5. The van der Waals surface area contributed by atoms with Crippen LogP contribution < -0.4 is 0 Å². The van der Waals surface area contributed by atoms with Crippen LogP contribution in [-0.2, 0) is 6.18 Å². The Balaban J connectivity index is 2.29. The average Bonchev–Trinajstić information content (AvgIpc) is 2.93. The third-order valence-electron chi connectivity index (χ3n) is 3.24. The minimum Gasteiger partial charge on any atom is -0.396 e. The predicted molar refractivity (Wildman–Crippen MR) is 80.5 cm³/mol. The van der Waals surface area contributed by atoms with Crippen LogP contribution in [0.5, 0.6) is 0 Å². The van der Waals surface area contributed by atoms with Crippen molar-refractivity contribution in [3.05, 3.63) is 29.6 Å². The van der Waals surface area contributed by atoms with Gasteiger partial charge >= 0.3 is 6.18 Å². The van der Waals surface area contributed by atoms with Gasteiger partial charge in [0.25, 0.3) is 0 Å². The van der Waals surface area contributed by atoms with Crippen molar-refractivity contribution in [2.24, 2.45) is 0 Å². The summed E-state index contributed by atoms with van der Waals surface area (Å²) >= 11 is 1.26. The predicted octanol–water partition coefficient (Wildman–Crippen LogP) is 3.08. The van der Waals surface area contributed by atoms with Crippen LogP contribution in [0.15, 0.2) is 23.2 Å². The SMILES string of the molecule is Cc1ccc2nc(SCCCO)c3nnc(C(F)(F)F)n3c2c1. The largest absolute Gasteiger partial charge is 0.452 e. The zero-order chi connectivity index (χ0) is 16.6. The first-order valence-corrected chi connectivity index (χ1v) is 7.86. The lowest BCUT2D eigenvalue weighted by atomic mass is 10.2. The van der Waals surface area contributed by atoms with Crippen LogP contribution in [0.1, 0.15) is 17.8 Å². The molecule has 0 fully saturated rings. The first kappa shape index (κ1) is 16.0. The van der Waals surface area contributed by atoms with Crippen molar-refractivity contribution in [3.63, 3.8) is 0 Å². The number of aliphatic hydroxyl groups excluding tert-OH is 1. The zero-order valence-electron chi connectivity index (χ0n) is 12.1. The van der Waals surface area contributed by atoms with Gasteiger partial charge in [0.2, 0.25) is 5.82 Å². The second kappa shape index (κ2) is 5.97. The van der Waals surface area contributed by atoms with Crippen LogP contribution in [0.3, 0.4) is 0 Å². The van der Waals surface area contributed by atoms with E-state index in [2.05, 4.69) is 15.2 Å². The van der Waals surface area contributed by atoms with E-state index in [-0.39, 0.29) is 12.3 Å². The van der Waals surface area contributed by atoms with Gasteiger partial charge in [-0.05, 0) is 31.0 Å². The minimum absolute atomic E-state index is 0.0105. The molecule has 0 aliphatic rings. The molecule has 2 heterocycles. The number of fused-ring (bicyclic) bond motifs is 3. The molecule has 0 saturated heterocycles. The van der Waals surface area contributed by atoms with Gasteiger partial charge < -0.3 is 5.11 Å². The molecule has 1 aromatic carbocycles. The standard InChI is InChI=1S/C14H13F3N4OS/c1-8-3-4-9-10(7-8)21-11(12(18-9)23-6-2-5-22)19-20-13(21)14(15,16)17/h3-4,7,22H,2,5-6H2,1H3. The highest BCUT2D eigenvalue weighted by Gasteiger charge is 2.38. The number of nitrogens with zero attached hydrogens (tertiary/aromatic N) is 4. The molecular weight excluding hydrogens is 329 g/mol. The summed E-state index contributed by atoms with van der Waals surface area (Å²) in [7, 11) is 0. The number of aliphatic hydroxyl groups is 1. The topological polar surface area (TPSA) is 63.3 Å². The Morgan fingerprint density at radius 3 is 2.74 bits per heavy atom. The van der Waals surface area contributed by atoms with Gasteiger partial charge in [0.15, 0.2) is 5.65 Å². The Bertz CT molecular complexity index is 862. The first-order valence-electron chi connectivity index (χ1n) is 6.88. The van der Waals surface area contributed by atoms with Gasteiger partial charge in [0.05, 0.1) is 11.0 Å². The van der Waals surface area contributed by atoms with Crippen molar-refractivity contribution < 1.29 is 18.3 Å². The lowest BCUT2D eigenvalue weighted by Crippen LogP contribution is -2.12. The molecule has 0 saturated carbocycles. The second-order valence-electron chi connectivity index (χ2n) is 5.02. The fourth-order valence-electron chi connectivity index (χ4n) is 2.23. The molecule has 2 aromatic heterocycles. The van der Waals surface area contributed by atoms with Crippen molar-refractivity contribution in [2.45, 2.75) is 24.5 Å². The summed E-state index contributed by atoms with van der Waals surface area (Å²) in [6.45, 7) is 1.81. The fraction of sp³-hybridized carbons (Fsp3) is 0.357. The maximum Gasteiger partial charge on any atom is 0.452 e. The Morgan fingerprint density at radius 1 is 1.26 bits per heavy atom. The Hall–Kier alpha value is -1.87. The molecule has 0 radical (unpaired) electrons. The number of hydrogen-bond donors (Lipinski definition) is 1. The maximum atomic E-state index is 13.2. The molecule has 5 nitrogen and oxygen atoms in total. The van der Waals surface area contributed by atoms with E-state index in [9.17, 15) is 13.2 Å². The number of rotatable bonds is 4. The molecule has 0 aliphatic carbocycles. The molecule has 0 aliphatic heterocycles. The smallest absolute Gasteiger partial charge is 0.396 e. The summed E-state index contributed by atoms with van der Waals surface area (Å²) in [6, 6.07) is 5.11. The van der Waals surface area contributed by atoms with Crippen molar-refractivity contribution in [1.82, 2.24) is 19.6 Å². The van der Waals surface area contributed by atoms with E-state index in [1.54, 1.807) is 25.1 Å². The van der Waals surface area contributed by atoms with Gasteiger partial charge in [-0.3, -0.25) is 4.40 Å². The van der Waals surface area contributed by atoms with E-state index in [0.717, 1.165) is 9.96 Å². The average molecular weight is 342 g/mol. The second-order valence-corrected chi connectivity index (χ2v) is 6.10. The summed E-state index contributed by atoms with van der Waals surface area (Å²) in [5, 5.41) is 16.2. The number of benzene rings is 1. The molecule has 0 atom stereocenters.